The lowest BCUT2D eigenvalue weighted by Gasteiger charge is -2.13. The van der Waals surface area contributed by atoms with Crippen LogP contribution in [0, 0.1) is 0 Å². The molecule has 82 valence electrons. The molecule has 0 spiro atoms. The Morgan fingerprint density at radius 2 is 1.93 bits per heavy atom. The van der Waals surface area contributed by atoms with Crippen LogP contribution in [0.5, 0.6) is 0 Å². The van der Waals surface area contributed by atoms with Gasteiger partial charge in [0.15, 0.2) is 5.78 Å². The highest BCUT2D eigenvalue weighted by Gasteiger charge is 2.34. The van der Waals surface area contributed by atoms with E-state index in [0.717, 1.165) is 19.1 Å². The molecule has 0 fully saturated rings. The van der Waals surface area contributed by atoms with Crippen molar-refractivity contribution in [2.24, 2.45) is 0 Å². The van der Waals surface area contributed by atoms with E-state index in [-0.39, 0.29) is 10.6 Å². The number of alkyl halides is 3. The largest absolute Gasteiger partial charge is 0.418 e. The summed E-state index contributed by atoms with van der Waals surface area (Å²) in [6, 6.07) is 1.77. The number of nitrogens with two attached hydrogens (primary N) is 1. The van der Waals surface area contributed by atoms with Crippen molar-refractivity contribution in [3.05, 3.63) is 28.3 Å². The molecule has 0 saturated heterocycles. The Bertz CT molecular complexity index is 415. The normalized spacial score (nSPS) is 11.5. The lowest BCUT2D eigenvalue weighted by Crippen LogP contribution is -2.12. The average molecular weight is 238 g/mol. The van der Waals surface area contributed by atoms with Gasteiger partial charge in [-0.15, -0.1) is 0 Å². The second-order valence-corrected chi connectivity index (χ2v) is 3.34. The van der Waals surface area contributed by atoms with E-state index in [0.29, 0.717) is 0 Å². The van der Waals surface area contributed by atoms with Gasteiger partial charge in [0.2, 0.25) is 0 Å². The van der Waals surface area contributed by atoms with Gasteiger partial charge < -0.3 is 5.73 Å². The van der Waals surface area contributed by atoms with Gasteiger partial charge in [-0.25, -0.2) is 0 Å². The van der Waals surface area contributed by atoms with Gasteiger partial charge in [0.1, 0.15) is 0 Å². The molecule has 0 unspecified atom stereocenters. The van der Waals surface area contributed by atoms with Gasteiger partial charge in [-0.2, -0.15) is 13.2 Å². The van der Waals surface area contributed by atoms with Crippen LogP contribution in [-0.4, -0.2) is 5.78 Å². The minimum absolute atomic E-state index is 0.0759. The van der Waals surface area contributed by atoms with Crippen LogP contribution in [0.25, 0.3) is 0 Å². The third-order valence-corrected chi connectivity index (χ3v) is 2.17. The summed E-state index contributed by atoms with van der Waals surface area (Å²) in [5.74, 6) is -0.594. The lowest BCUT2D eigenvalue weighted by atomic mass is 10.0. The maximum atomic E-state index is 12.4. The zero-order valence-corrected chi connectivity index (χ0v) is 8.41. The van der Waals surface area contributed by atoms with Crippen molar-refractivity contribution in [1.82, 2.24) is 0 Å². The first-order valence-electron chi connectivity index (χ1n) is 3.91. The third-order valence-electron chi connectivity index (χ3n) is 1.85. The number of carbonyl (C=O) groups is 1. The topological polar surface area (TPSA) is 43.1 Å². The molecule has 1 aromatic rings. The van der Waals surface area contributed by atoms with Crippen molar-refractivity contribution in [2.45, 2.75) is 13.1 Å². The SMILES string of the molecule is CC(=O)c1c(Cl)ccc(C(F)(F)F)c1N. The summed E-state index contributed by atoms with van der Waals surface area (Å²) >= 11 is 5.58. The summed E-state index contributed by atoms with van der Waals surface area (Å²) < 4.78 is 37.2. The molecule has 1 aromatic carbocycles. The summed E-state index contributed by atoms with van der Waals surface area (Å²) in [5.41, 5.74) is 3.29. The molecule has 0 saturated carbocycles. The summed E-state index contributed by atoms with van der Waals surface area (Å²) in [5, 5.41) is -0.0759. The smallest absolute Gasteiger partial charge is 0.398 e. The van der Waals surface area contributed by atoms with Crippen molar-refractivity contribution in [1.29, 1.82) is 0 Å². The molecule has 15 heavy (non-hydrogen) atoms. The lowest BCUT2D eigenvalue weighted by molar-refractivity contribution is -0.136. The summed E-state index contributed by atoms with van der Waals surface area (Å²) in [4.78, 5) is 11.0. The number of rotatable bonds is 1. The molecule has 0 aliphatic heterocycles. The summed E-state index contributed by atoms with van der Waals surface area (Å²) in [6.07, 6.45) is -4.58. The van der Waals surface area contributed by atoms with E-state index in [1.165, 1.54) is 0 Å². The molecule has 6 heteroatoms. The van der Waals surface area contributed by atoms with E-state index >= 15 is 0 Å². The van der Waals surface area contributed by atoms with Gasteiger partial charge in [0.25, 0.3) is 0 Å². The first kappa shape index (κ1) is 11.8. The Labute approximate surface area is 88.8 Å². The molecule has 1 rings (SSSR count). The molecule has 0 radical (unpaired) electrons. The van der Waals surface area contributed by atoms with E-state index in [2.05, 4.69) is 0 Å². The molecular formula is C9H7ClF3NO. The van der Waals surface area contributed by atoms with Gasteiger partial charge in [0, 0.05) is 0 Å². The van der Waals surface area contributed by atoms with Crippen LogP contribution in [0.4, 0.5) is 18.9 Å². The number of ketones is 1. The Hall–Kier alpha value is -1.23. The zero-order valence-electron chi connectivity index (χ0n) is 7.65. The predicted octanol–water partition coefficient (Wildman–Crippen LogP) is 3.14. The quantitative estimate of drug-likeness (QED) is 0.602. The minimum atomic E-state index is -4.58. The van der Waals surface area contributed by atoms with Crippen LogP contribution < -0.4 is 5.73 Å². The Morgan fingerprint density at radius 3 is 2.33 bits per heavy atom. The standard InChI is InChI=1S/C9H7ClF3NO/c1-4(15)7-6(10)3-2-5(8(7)14)9(11,12)13/h2-3H,14H2,1H3. The first-order valence-corrected chi connectivity index (χ1v) is 4.29. The number of halogens is 4. The van der Waals surface area contributed by atoms with E-state index < -0.39 is 23.2 Å². The Balaban J connectivity index is 3.49. The first-order chi connectivity index (χ1) is 6.75. The maximum Gasteiger partial charge on any atom is 0.418 e. The van der Waals surface area contributed by atoms with E-state index in [4.69, 9.17) is 17.3 Å². The van der Waals surface area contributed by atoms with Crippen molar-refractivity contribution in [3.63, 3.8) is 0 Å². The van der Waals surface area contributed by atoms with Crippen LogP contribution in [0.15, 0.2) is 12.1 Å². The molecule has 0 aromatic heterocycles. The number of hydrogen-bond acceptors (Lipinski definition) is 2. The highest BCUT2D eigenvalue weighted by atomic mass is 35.5. The maximum absolute atomic E-state index is 12.4. The second-order valence-electron chi connectivity index (χ2n) is 2.94. The van der Waals surface area contributed by atoms with Gasteiger partial charge >= 0.3 is 6.18 Å². The number of Topliss-reactive ketones (excluding diaryl/α,β-unsaturated/α-hetero) is 1. The van der Waals surface area contributed by atoms with Crippen LogP contribution >= 0.6 is 11.6 Å². The fourth-order valence-electron chi connectivity index (χ4n) is 1.20. The molecular weight excluding hydrogens is 231 g/mol. The molecule has 2 N–H and O–H groups in total. The second kappa shape index (κ2) is 3.73. The molecule has 0 atom stereocenters. The van der Waals surface area contributed by atoms with Crippen LogP contribution in [0.3, 0.4) is 0 Å². The fraction of sp³-hybridized carbons (Fsp3) is 0.222. The van der Waals surface area contributed by atoms with Crippen molar-refractivity contribution >= 4 is 23.1 Å². The van der Waals surface area contributed by atoms with Gasteiger partial charge in [-0.05, 0) is 19.1 Å². The van der Waals surface area contributed by atoms with Crippen molar-refractivity contribution in [3.8, 4) is 0 Å². The fourth-order valence-corrected chi connectivity index (χ4v) is 1.50. The van der Waals surface area contributed by atoms with Crippen LogP contribution in [0.2, 0.25) is 5.02 Å². The molecule has 2 nitrogen and oxygen atoms in total. The number of benzene rings is 1. The van der Waals surface area contributed by atoms with Crippen molar-refractivity contribution < 1.29 is 18.0 Å². The number of hydrogen-bond donors (Lipinski definition) is 1. The predicted molar refractivity (Wildman–Crippen MR) is 50.9 cm³/mol. The highest BCUT2D eigenvalue weighted by Crippen LogP contribution is 2.37. The van der Waals surface area contributed by atoms with Gasteiger partial charge in [-0.3, -0.25) is 4.79 Å². The highest BCUT2D eigenvalue weighted by molar-refractivity contribution is 6.34. The number of carbonyl (C=O) groups excluding carboxylic acids is 1. The van der Waals surface area contributed by atoms with E-state index in [9.17, 15) is 18.0 Å². The molecule has 0 aliphatic rings. The molecule has 0 heterocycles. The van der Waals surface area contributed by atoms with Crippen LogP contribution in [0.1, 0.15) is 22.8 Å². The summed E-state index contributed by atoms with van der Waals surface area (Å²) in [6.45, 7) is 1.11. The van der Waals surface area contributed by atoms with Gasteiger partial charge in [-0.1, -0.05) is 11.6 Å². The van der Waals surface area contributed by atoms with Crippen molar-refractivity contribution in [2.75, 3.05) is 5.73 Å². The monoisotopic (exact) mass is 237 g/mol. The molecule has 0 bridgehead atoms. The average Bonchev–Trinajstić information content (AvgIpc) is 2.00. The summed E-state index contributed by atoms with van der Waals surface area (Å²) in [7, 11) is 0. The molecule has 0 aliphatic carbocycles. The van der Waals surface area contributed by atoms with Gasteiger partial charge in [0.05, 0.1) is 21.8 Å². The number of nitrogen functional groups attached to an aromatic ring is 1. The Kier molecular flexibility index (Phi) is 2.95. The van der Waals surface area contributed by atoms with E-state index in [1.807, 2.05) is 0 Å². The Morgan fingerprint density at radius 1 is 1.40 bits per heavy atom. The van der Waals surface area contributed by atoms with Crippen LogP contribution in [-0.2, 0) is 6.18 Å². The third kappa shape index (κ3) is 2.23. The van der Waals surface area contributed by atoms with E-state index in [1.54, 1.807) is 0 Å². The number of anilines is 1. The zero-order chi connectivity index (χ0) is 11.8. The molecule has 0 amide bonds. The minimum Gasteiger partial charge on any atom is -0.398 e.